The number of ketones is 1. The number of hydrogen-bond donors (Lipinski definition) is 0. The van der Waals surface area contributed by atoms with E-state index in [0.717, 1.165) is 6.42 Å². The highest BCUT2D eigenvalue weighted by Crippen LogP contribution is 2.18. The summed E-state index contributed by atoms with van der Waals surface area (Å²) < 4.78 is 0. The fraction of sp³-hybridized carbons (Fsp3) is 0.714. The van der Waals surface area contributed by atoms with Gasteiger partial charge in [0.25, 0.3) is 0 Å². The van der Waals surface area contributed by atoms with E-state index in [9.17, 15) is 4.79 Å². The van der Waals surface area contributed by atoms with E-state index in [1.54, 1.807) is 4.90 Å². The first-order valence-corrected chi connectivity index (χ1v) is 3.35. The average molecular weight is 138 g/mol. The number of Topliss-reactive ketones (excluding diaryl/α,β-unsaturated/α-hetero) is 1. The molecule has 1 unspecified atom stereocenters. The first kappa shape index (κ1) is 7.23. The third kappa shape index (κ3) is 1.17. The third-order valence-corrected chi connectivity index (χ3v) is 1.89. The molecule has 0 aliphatic heterocycles. The van der Waals surface area contributed by atoms with Crippen LogP contribution in [0.3, 0.4) is 0 Å². The van der Waals surface area contributed by atoms with Crippen LogP contribution in [0.5, 0.6) is 0 Å². The predicted molar refractivity (Wildman–Crippen MR) is 36.3 cm³/mol. The molecule has 0 aromatic carbocycles. The van der Waals surface area contributed by atoms with Crippen LogP contribution >= 0.6 is 0 Å². The summed E-state index contributed by atoms with van der Waals surface area (Å²) in [4.78, 5) is 12.6. The van der Waals surface area contributed by atoms with E-state index in [-0.39, 0.29) is 11.8 Å². The molecule has 54 valence electrons. The van der Waals surface area contributed by atoms with Gasteiger partial charge in [0.2, 0.25) is 0 Å². The number of nitrogens with zero attached hydrogens (tertiary/aromatic N) is 2. The lowest BCUT2D eigenvalue weighted by molar-refractivity contribution is -0.130. The summed E-state index contributed by atoms with van der Waals surface area (Å²) in [6.45, 7) is 0.358. The van der Waals surface area contributed by atoms with Crippen LogP contribution in [-0.4, -0.2) is 30.3 Å². The number of carbonyl (C=O) groups is 1. The van der Waals surface area contributed by atoms with E-state index in [4.69, 9.17) is 5.26 Å². The van der Waals surface area contributed by atoms with Gasteiger partial charge in [-0.05, 0) is 13.5 Å². The Morgan fingerprint density at radius 1 is 1.90 bits per heavy atom. The molecule has 1 fully saturated rings. The zero-order valence-corrected chi connectivity index (χ0v) is 6.00. The molecule has 0 amide bonds. The van der Waals surface area contributed by atoms with Crippen molar-refractivity contribution < 1.29 is 4.79 Å². The Bertz CT molecular complexity index is 183. The van der Waals surface area contributed by atoms with Crippen LogP contribution in [0.25, 0.3) is 0 Å². The fourth-order valence-corrected chi connectivity index (χ4v) is 1.08. The minimum Gasteiger partial charge on any atom is -0.298 e. The molecule has 0 spiro atoms. The van der Waals surface area contributed by atoms with Gasteiger partial charge in [-0.15, -0.1) is 0 Å². The maximum Gasteiger partial charge on any atom is 0.150 e. The second-order valence-electron chi connectivity index (χ2n) is 2.59. The van der Waals surface area contributed by atoms with Gasteiger partial charge in [0.15, 0.2) is 0 Å². The summed E-state index contributed by atoms with van der Waals surface area (Å²) in [5, 5.41) is 8.29. The molecule has 0 heterocycles. The summed E-state index contributed by atoms with van der Waals surface area (Å²) in [7, 11) is 1.81. The molecule has 0 bridgehead atoms. The Morgan fingerprint density at radius 3 is 2.90 bits per heavy atom. The van der Waals surface area contributed by atoms with Gasteiger partial charge < -0.3 is 0 Å². The molecular weight excluding hydrogens is 128 g/mol. The molecule has 1 atom stereocenters. The number of carbonyl (C=O) groups excluding carboxylic acids is 1. The van der Waals surface area contributed by atoms with Crippen molar-refractivity contribution in [1.29, 1.82) is 5.26 Å². The molecule has 3 heteroatoms. The zero-order chi connectivity index (χ0) is 7.56. The van der Waals surface area contributed by atoms with E-state index >= 15 is 0 Å². The molecule has 0 radical (unpaired) electrons. The Hall–Kier alpha value is -0.880. The highest BCUT2D eigenvalue weighted by molar-refractivity contribution is 5.89. The highest BCUT2D eigenvalue weighted by atomic mass is 16.1. The smallest absolute Gasteiger partial charge is 0.150 e. The van der Waals surface area contributed by atoms with Crippen molar-refractivity contribution >= 4 is 5.78 Å². The van der Waals surface area contributed by atoms with Gasteiger partial charge >= 0.3 is 0 Å². The molecule has 3 nitrogen and oxygen atoms in total. The Balaban J connectivity index is 2.35. The molecule has 0 saturated heterocycles. The first-order chi connectivity index (χ1) is 4.75. The first-order valence-electron chi connectivity index (χ1n) is 3.35. The van der Waals surface area contributed by atoms with Crippen molar-refractivity contribution in [3.05, 3.63) is 0 Å². The monoisotopic (exact) mass is 138 g/mol. The van der Waals surface area contributed by atoms with Crippen LogP contribution in [-0.2, 0) is 4.79 Å². The summed E-state index contributed by atoms with van der Waals surface area (Å²) in [6, 6.07) is 2.05. The number of likely N-dealkylation sites (N-methyl/N-ethyl adjacent to an activating group) is 1. The van der Waals surface area contributed by atoms with Crippen molar-refractivity contribution in [3.8, 4) is 6.07 Å². The Labute approximate surface area is 60.2 Å². The third-order valence-electron chi connectivity index (χ3n) is 1.89. The van der Waals surface area contributed by atoms with Crippen molar-refractivity contribution in [2.24, 2.45) is 0 Å². The van der Waals surface area contributed by atoms with Gasteiger partial charge in [0, 0.05) is 6.42 Å². The number of rotatable bonds is 2. The number of nitriles is 1. The topological polar surface area (TPSA) is 44.1 Å². The van der Waals surface area contributed by atoms with Crippen LogP contribution in [0.4, 0.5) is 0 Å². The van der Waals surface area contributed by atoms with E-state index in [1.807, 2.05) is 13.1 Å². The van der Waals surface area contributed by atoms with Crippen LogP contribution in [0.15, 0.2) is 0 Å². The SMILES string of the molecule is CN(CC#N)C1CCC1=O. The second-order valence-corrected chi connectivity index (χ2v) is 2.59. The van der Waals surface area contributed by atoms with E-state index in [0.29, 0.717) is 13.0 Å². The van der Waals surface area contributed by atoms with Crippen molar-refractivity contribution in [1.82, 2.24) is 4.90 Å². The maximum absolute atomic E-state index is 10.8. The van der Waals surface area contributed by atoms with Gasteiger partial charge in [-0.1, -0.05) is 0 Å². The number of hydrogen-bond acceptors (Lipinski definition) is 3. The van der Waals surface area contributed by atoms with Gasteiger partial charge in [0.1, 0.15) is 5.78 Å². The van der Waals surface area contributed by atoms with Gasteiger partial charge in [-0.3, -0.25) is 9.69 Å². The lowest BCUT2D eigenvalue weighted by Gasteiger charge is -2.31. The van der Waals surface area contributed by atoms with Crippen LogP contribution in [0, 0.1) is 11.3 Å². The molecule has 0 aromatic rings. The molecule has 10 heavy (non-hydrogen) atoms. The van der Waals surface area contributed by atoms with Crippen molar-refractivity contribution in [3.63, 3.8) is 0 Å². The summed E-state index contributed by atoms with van der Waals surface area (Å²) in [5.41, 5.74) is 0. The van der Waals surface area contributed by atoms with Gasteiger partial charge in [-0.2, -0.15) is 5.26 Å². The lowest BCUT2D eigenvalue weighted by Crippen LogP contribution is -2.45. The minimum absolute atomic E-state index is 0.0413. The maximum atomic E-state index is 10.8. The van der Waals surface area contributed by atoms with Crippen molar-refractivity contribution in [2.45, 2.75) is 18.9 Å². The minimum atomic E-state index is 0.0413. The summed E-state index contributed by atoms with van der Waals surface area (Å²) in [6.07, 6.45) is 1.62. The molecule has 0 N–H and O–H groups in total. The van der Waals surface area contributed by atoms with Gasteiger partial charge in [-0.25, -0.2) is 0 Å². The van der Waals surface area contributed by atoms with Crippen LogP contribution in [0.2, 0.25) is 0 Å². The molecule has 1 rings (SSSR count). The lowest BCUT2D eigenvalue weighted by atomic mass is 9.90. The van der Waals surface area contributed by atoms with Gasteiger partial charge in [0.05, 0.1) is 18.7 Å². The summed E-state index contributed by atoms with van der Waals surface area (Å²) in [5.74, 6) is 0.276. The fourth-order valence-electron chi connectivity index (χ4n) is 1.08. The quantitative estimate of drug-likeness (QED) is 0.511. The molecule has 1 aliphatic rings. The van der Waals surface area contributed by atoms with Crippen LogP contribution in [0.1, 0.15) is 12.8 Å². The molecule has 1 saturated carbocycles. The second kappa shape index (κ2) is 2.80. The predicted octanol–water partition coefficient (Wildman–Crippen LogP) is 0.173. The average Bonchev–Trinajstić information content (AvgIpc) is 1.85. The van der Waals surface area contributed by atoms with Crippen molar-refractivity contribution in [2.75, 3.05) is 13.6 Å². The summed E-state index contributed by atoms with van der Waals surface area (Å²) >= 11 is 0. The molecular formula is C7H10N2O. The normalized spacial score (nSPS) is 24.1. The van der Waals surface area contributed by atoms with E-state index < -0.39 is 0 Å². The highest BCUT2D eigenvalue weighted by Gasteiger charge is 2.30. The zero-order valence-electron chi connectivity index (χ0n) is 6.00. The largest absolute Gasteiger partial charge is 0.298 e. The molecule has 0 aromatic heterocycles. The van der Waals surface area contributed by atoms with E-state index in [1.165, 1.54) is 0 Å². The standard InChI is InChI=1S/C7H10N2O/c1-9(5-4-8)6-2-3-7(6)10/h6H,2-3,5H2,1H3. The Kier molecular flexibility index (Phi) is 2.03. The van der Waals surface area contributed by atoms with Crippen LogP contribution < -0.4 is 0 Å². The Morgan fingerprint density at radius 2 is 2.60 bits per heavy atom. The van der Waals surface area contributed by atoms with E-state index in [2.05, 4.69) is 0 Å². The molecule has 1 aliphatic carbocycles.